The SMILES string of the molecule is CCN(CC)c1ccc(C(C#N)N2CCC(C)CC2)cc1. The molecule has 3 heteroatoms. The van der Waals surface area contributed by atoms with Crippen LogP contribution in [0.4, 0.5) is 5.69 Å². The van der Waals surface area contributed by atoms with E-state index in [4.69, 9.17) is 0 Å². The molecule has 0 saturated carbocycles. The molecule has 1 unspecified atom stereocenters. The molecule has 0 bridgehead atoms. The summed E-state index contributed by atoms with van der Waals surface area (Å²) in [5.41, 5.74) is 2.37. The monoisotopic (exact) mass is 285 g/mol. The van der Waals surface area contributed by atoms with Gasteiger partial charge in [0.1, 0.15) is 6.04 Å². The van der Waals surface area contributed by atoms with Crippen molar-refractivity contribution < 1.29 is 0 Å². The van der Waals surface area contributed by atoms with Crippen molar-refractivity contribution in [1.82, 2.24) is 4.90 Å². The third-order valence-corrected chi connectivity index (χ3v) is 4.64. The van der Waals surface area contributed by atoms with Gasteiger partial charge in [-0.25, -0.2) is 0 Å². The van der Waals surface area contributed by atoms with E-state index in [0.29, 0.717) is 0 Å². The molecule has 3 nitrogen and oxygen atoms in total. The first-order valence-corrected chi connectivity index (χ1v) is 8.18. The average Bonchev–Trinajstić information content (AvgIpc) is 2.52. The van der Waals surface area contributed by atoms with Crippen LogP contribution >= 0.6 is 0 Å². The van der Waals surface area contributed by atoms with Crippen molar-refractivity contribution in [3.05, 3.63) is 29.8 Å². The van der Waals surface area contributed by atoms with E-state index in [9.17, 15) is 5.26 Å². The Kier molecular flexibility index (Phi) is 5.64. The number of anilines is 1. The first-order valence-electron chi connectivity index (χ1n) is 8.18. The van der Waals surface area contributed by atoms with E-state index in [-0.39, 0.29) is 6.04 Å². The van der Waals surface area contributed by atoms with Crippen molar-refractivity contribution in [3.8, 4) is 6.07 Å². The molecular weight excluding hydrogens is 258 g/mol. The maximum Gasteiger partial charge on any atom is 0.123 e. The number of benzene rings is 1. The highest BCUT2D eigenvalue weighted by Gasteiger charge is 2.24. The Morgan fingerprint density at radius 2 is 1.76 bits per heavy atom. The van der Waals surface area contributed by atoms with E-state index in [1.807, 2.05) is 0 Å². The van der Waals surface area contributed by atoms with Gasteiger partial charge in [0.25, 0.3) is 0 Å². The predicted molar refractivity (Wildman–Crippen MR) is 88.3 cm³/mol. The molecule has 0 radical (unpaired) electrons. The molecule has 0 N–H and O–H groups in total. The van der Waals surface area contributed by atoms with Crippen LogP contribution in [-0.4, -0.2) is 31.1 Å². The number of piperidine rings is 1. The topological polar surface area (TPSA) is 30.3 Å². The molecule has 1 atom stereocenters. The molecule has 1 aliphatic heterocycles. The quantitative estimate of drug-likeness (QED) is 0.823. The minimum absolute atomic E-state index is 0.0942. The number of hydrogen-bond donors (Lipinski definition) is 0. The van der Waals surface area contributed by atoms with E-state index < -0.39 is 0 Å². The van der Waals surface area contributed by atoms with Gasteiger partial charge >= 0.3 is 0 Å². The van der Waals surface area contributed by atoms with Crippen LogP contribution in [0.1, 0.15) is 45.2 Å². The maximum absolute atomic E-state index is 9.57. The first kappa shape index (κ1) is 15.9. The summed E-state index contributed by atoms with van der Waals surface area (Å²) in [4.78, 5) is 4.65. The van der Waals surface area contributed by atoms with Gasteiger partial charge in [0.15, 0.2) is 0 Å². The molecule has 0 aromatic heterocycles. The van der Waals surface area contributed by atoms with Crippen molar-refractivity contribution in [2.24, 2.45) is 5.92 Å². The Labute approximate surface area is 129 Å². The summed E-state index contributed by atoms with van der Waals surface area (Å²) < 4.78 is 0. The van der Waals surface area contributed by atoms with E-state index in [1.165, 1.54) is 18.5 Å². The lowest BCUT2D eigenvalue weighted by molar-refractivity contribution is 0.165. The molecule has 21 heavy (non-hydrogen) atoms. The third-order valence-electron chi connectivity index (χ3n) is 4.64. The normalized spacial score (nSPS) is 18.2. The van der Waals surface area contributed by atoms with Crippen molar-refractivity contribution in [2.75, 3.05) is 31.1 Å². The predicted octanol–water partition coefficient (Wildman–Crippen LogP) is 3.83. The van der Waals surface area contributed by atoms with Crippen LogP contribution in [0.5, 0.6) is 0 Å². The number of hydrogen-bond acceptors (Lipinski definition) is 3. The Bertz CT molecular complexity index is 462. The Balaban J connectivity index is 2.10. The molecule has 1 aromatic carbocycles. The molecule has 0 amide bonds. The molecule has 1 aliphatic rings. The molecule has 2 rings (SSSR count). The Morgan fingerprint density at radius 3 is 2.24 bits per heavy atom. The summed E-state index contributed by atoms with van der Waals surface area (Å²) >= 11 is 0. The van der Waals surface area contributed by atoms with Crippen molar-refractivity contribution in [1.29, 1.82) is 5.26 Å². The molecule has 0 spiro atoms. The lowest BCUT2D eigenvalue weighted by Gasteiger charge is -2.33. The highest BCUT2D eigenvalue weighted by Crippen LogP contribution is 2.27. The van der Waals surface area contributed by atoms with E-state index in [2.05, 4.69) is 60.9 Å². The van der Waals surface area contributed by atoms with Gasteiger partial charge in [0.05, 0.1) is 6.07 Å². The van der Waals surface area contributed by atoms with Crippen LogP contribution in [0, 0.1) is 17.2 Å². The summed E-state index contributed by atoms with van der Waals surface area (Å²) in [6, 6.07) is 11.0. The highest BCUT2D eigenvalue weighted by molar-refractivity contribution is 5.48. The molecule has 1 saturated heterocycles. The van der Waals surface area contributed by atoms with Crippen molar-refractivity contribution in [2.45, 2.75) is 39.7 Å². The second kappa shape index (κ2) is 7.47. The molecule has 0 aliphatic carbocycles. The van der Waals surface area contributed by atoms with Gasteiger partial charge in [-0.05, 0) is 63.4 Å². The van der Waals surface area contributed by atoms with Gasteiger partial charge in [-0.1, -0.05) is 19.1 Å². The lowest BCUT2D eigenvalue weighted by atomic mass is 9.96. The van der Waals surface area contributed by atoms with Crippen molar-refractivity contribution in [3.63, 3.8) is 0 Å². The van der Waals surface area contributed by atoms with Gasteiger partial charge < -0.3 is 4.90 Å². The zero-order valence-corrected chi connectivity index (χ0v) is 13.5. The largest absolute Gasteiger partial charge is 0.372 e. The first-order chi connectivity index (χ1) is 10.2. The molecule has 114 valence electrons. The summed E-state index contributed by atoms with van der Waals surface area (Å²) in [6.07, 6.45) is 2.41. The minimum Gasteiger partial charge on any atom is -0.372 e. The third kappa shape index (κ3) is 3.77. The van der Waals surface area contributed by atoms with Crippen LogP contribution in [-0.2, 0) is 0 Å². The number of rotatable bonds is 5. The number of likely N-dealkylation sites (tertiary alicyclic amines) is 1. The highest BCUT2D eigenvalue weighted by atomic mass is 15.2. The Morgan fingerprint density at radius 1 is 1.19 bits per heavy atom. The van der Waals surface area contributed by atoms with Gasteiger partial charge in [-0.2, -0.15) is 5.26 Å². The van der Waals surface area contributed by atoms with Crippen LogP contribution in [0.3, 0.4) is 0 Å². The smallest absolute Gasteiger partial charge is 0.123 e. The van der Waals surface area contributed by atoms with Gasteiger partial charge in [0, 0.05) is 18.8 Å². The number of nitriles is 1. The number of nitrogens with zero attached hydrogens (tertiary/aromatic N) is 3. The van der Waals surface area contributed by atoms with Crippen molar-refractivity contribution >= 4 is 5.69 Å². The summed E-state index contributed by atoms with van der Waals surface area (Å²) in [7, 11) is 0. The van der Waals surface area contributed by atoms with E-state index in [1.54, 1.807) is 0 Å². The standard InChI is InChI=1S/C18H27N3/c1-4-20(5-2)17-8-6-16(7-9-17)18(14-19)21-12-10-15(3)11-13-21/h6-9,15,18H,4-5,10-13H2,1-3H3. The summed E-state index contributed by atoms with van der Waals surface area (Å²) in [5, 5.41) is 9.57. The molecule has 1 aromatic rings. The molecular formula is C18H27N3. The van der Waals surface area contributed by atoms with Gasteiger partial charge in [-0.15, -0.1) is 0 Å². The fourth-order valence-electron chi connectivity index (χ4n) is 3.11. The molecule has 1 fully saturated rings. The van der Waals surface area contributed by atoms with Crippen LogP contribution in [0.25, 0.3) is 0 Å². The van der Waals surface area contributed by atoms with E-state index in [0.717, 1.165) is 37.7 Å². The Hall–Kier alpha value is -1.53. The molecule has 1 heterocycles. The maximum atomic E-state index is 9.57. The lowest BCUT2D eigenvalue weighted by Crippen LogP contribution is -2.35. The van der Waals surface area contributed by atoms with Gasteiger partial charge in [-0.3, -0.25) is 4.90 Å². The fourth-order valence-corrected chi connectivity index (χ4v) is 3.11. The minimum atomic E-state index is -0.0942. The fraction of sp³-hybridized carbons (Fsp3) is 0.611. The zero-order chi connectivity index (χ0) is 15.2. The van der Waals surface area contributed by atoms with Crippen LogP contribution in [0.2, 0.25) is 0 Å². The zero-order valence-electron chi connectivity index (χ0n) is 13.5. The van der Waals surface area contributed by atoms with E-state index >= 15 is 0 Å². The van der Waals surface area contributed by atoms with Crippen LogP contribution < -0.4 is 4.90 Å². The van der Waals surface area contributed by atoms with Gasteiger partial charge in [0.2, 0.25) is 0 Å². The average molecular weight is 285 g/mol. The van der Waals surface area contributed by atoms with Crippen LogP contribution in [0.15, 0.2) is 24.3 Å². The summed E-state index contributed by atoms with van der Waals surface area (Å²) in [5.74, 6) is 0.797. The summed E-state index contributed by atoms with van der Waals surface area (Å²) in [6.45, 7) is 10.8. The second-order valence-corrected chi connectivity index (χ2v) is 6.01. The second-order valence-electron chi connectivity index (χ2n) is 6.01.